The van der Waals surface area contributed by atoms with E-state index in [-0.39, 0.29) is 19.6 Å². The monoisotopic (exact) mass is 360 g/mol. The number of benzene rings is 1. The summed E-state index contributed by atoms with van der Waals surface area (Å²) in [5.41, 5.74) is 2.98. The highest BCUT2D eigenvalue weighted by atomic mass is 32.2. The van der Waals surface area contributed by atoms with Gasteiger partial charge in [-0.15, -0.1) is 0 Å². The van der Waals surface area contributed by atoms with Gasteiger partial charge in [0.1, 0.15) is 0 Å². The summed E-state index contributed by atoms with van der Waals surface area (Å²) in [7, 11) is -5.33. The van der Waals surface area contributed by atoms with Gasteiger partial charge in [-0.25, -0.2) is 8.42 Å². The highest BCUT2D eigenvalue weighted by Crippen LogP contribution is 2.30. The van der Waals surface area contributed by atoms with Crippen LogP contribution in [0, 0.1) is 0 Å². The molecule has 0 spiro atoms. The van der Waals surface area contributed by atoms with Gasteiger partial charge in [0.2, 0.25) is 0 Å². The molecule has 0 unspecified atom stereocenters. The predicted molar refractivity (Wildman–Crippen MR) is 80.9 cm³/mol. The molecular weight excluding hydrogens is 345 g/mol. The Hall–Kier alpha value is -1.91. The molecule has 2 aromatic rings. The van der Waals surface area contributed by atoms with Gasteiger partial charge < -0.3 is 5.73 Å². The summed E-state index contributed by atoms with van der Waals surface area (Å²) in [6.07, 6.45) is 0. The van der Waals surface area contributed by atoms with Crippen LogP contribution < -0.4 is 5.73 Å². The molecule has 0 bridgehead atoms. The molecule has 0 saturated heterocycles. The molecule has 0 saturated carbocycles. The first-order valence-corrected chi connectivity index (χ1v) is 8.59. The Balaban J connectivity index is 1.90. The zero-order valence-electron chi connectivity index (χ0n) is 12.5. The molecule has 0 amide bonds. The van der Waals surface area contributed by atoms with E-state index in [1.807, 2.05) is 24.3 Å². The van der Waals surface area contributed by atoms with Crippen LogP contribution in [0.2, 0.25) is 0 Å². The molecule has 0 atom stereocenters. The number of halogens is 3. The van der Waals surface area contributed by atoms with E-state index in [2.05, 4.69) is 5.10 Å². The Bertz CT molecular complexity index is 861. The van der Waals surface area contributed by atoms with Crippen molar-refractivity contribution in [1.29, 1.82) is 0 Å². The maximum atomic E-state index is 12.7. The van der Waals surface area contributed by atoms with Crippen molar-refractivity contribution in [2.24, 2.45) is 5.73 Å². The van der Waals surface area contributed by atoms with Crippen LogP contribution >= 0.6 is 0 Å². The van der Waals surface area contributed by atoms with E-state index < -0.39 is 15.5 Å². The Labute approximate surface area is 136 Å². The van der Waals surface area contributed by atoms with Gasteiger partial charge in [0.25, 0.3) is 0 Å². The summed E-state index contributed by atoms with van der Waals surface area (Å²) in [4.78, 5) is 0. The standard InChI is InChI=1S/C14H15F3N4O2S/c15-14(16,17)24(22,23)20-4-5-21-12(9-20)7-13(19-21)11-3-1-2-10(6-11)8-18/h1-3,6-7H,4-5,8-9,18H2. The minimum Gasteiger partial charge on any atom is -0.326 e. The van der Waals surface area contributed by atoms with E-state index in [0.29, 0.717) is 22.2 Å². The Kier molecular flexibility index (Phi) is 4.14. The third kappa shape index (κ3) is 2.92. The molecule has 0 radical (unpaired) electrons. The maximum absolute atomic E-state index is 12.7. The van der Waals surface area contributed by atoms with Gasteiger partial charge >= 0.3 is 15.5 Å². The molecule has 3 rings (SSSR count). The second kappa shape index (κ2) is 5.87. The van der Waals surface area contributed by atoms with Crippen LogP contribution in [0.1, 0.15) is 11.3 Å². The number of hydrogen-bond donors (Lipinski definition) is 1. The minimum absolute atomic E-state index is 0.0707. The zero-order chi connectivity index (χ0) is 17.5. The molecule has 0 fully saturated rings. The molecule has 1 aromatic heterocycles. The van der Waals surface area contributed by atoms with Crippen molar-refractivity contribution in [3.05, 3.63) is 41.6 Å². The van der Waals surface area contributed by atoms with Crippen LogP contribution in [0.4, 0.5) is 13.2 Å². The lowest BCUT2D eigenvalue weighted by molar-refractivity contribution is -0.0496. The van der Waals surface area contributed by atoms with Crippen molar-refractivity contribution < 1.29 is 21.6 Å². The highest BCUT2D eigenvalue weighted by Gasteiger charge is 2.50. The summed E-state index contributed by atoms with van der Waals surface area (Å²) in [5.74, 6) is 0. The lowest BCUT2D eigenvalue weighted by Gasteiger charge is -2.27. The van der Waals surface area contributed by atoms with Gasteiger partial charge in [-0.05, 0) is 17.7 Å². The smallest absolute Gasteiger partial charge is 0.326 e. The fourth-order valence-corrected chi connectivity index (χ4v) is 3.51. The molecule has 1 aliphatic rings. The second-order valence-electron chi connectivity index (χ2n) is 5.43. The molecule has 10 heteroatoms. The summed E-state index contributed by atoms with van der Waals surface area (Å²) in [6, 6.07) is 8.94. The lowest BCUT2D eigenvalue weighted by Crippen LogP contribution is -2.44. The van der Waals surface area contributed by atoms with Gasteiger partial charge in [-0.1, -0.05) is 18.2 Å². The van der Waals surface area contributed by atoms with Crippen LogP contribution in [0.15, 0.2) is 30.3 Å². The van der Waals surface area contributed by atoms with E-state index in [1.165, 1.54) is 4.68 Å². The number of hydrogen-bond acceptors (Lipinski definition) is 4. The third-order valence-electron chi connectivity index (χ3n) is 3.85. The molecule has 1 aliphatic heterocycles. The Morgan fingerprint density at radius 3 is 2.62 bits per heavy atom. The maximum Gasteiger partial charge on any atom is 0.511 e. The van der Waals surface area contributed by atoms with Crippen LogP contribution in [0.3, 0.4) is 0 Å². The van der Waals surface area contributed by atoms with Gasteiger partial charge in [-0.2, -0.15) is 22.6 Å². The van der Waals surface area contributed by atoms with Gasteiger partial charge in [-0.3, -0.25) is 4.68 Å². The average molecular weight is 360 g/mol. The number of nitrogens with two attached hydrogens (primary N) is 1. The molecule has 2 N–H and O–H groups in total. The normalized spacial score (nSPS) is 16.2. The number of alkyl halides is 3. The summed E-state index contributed by atoms with van der Waals surface area (Å²) in [5, 5.41) is 4.35. The topological polar surface area (TPSA) is 81.2 Å². The van der Waals surface area contributed by atoms with Crippen molar-refractivity contribution in [2.45, 2.75) is 25.1 Å². The average Bonchev–Trinajstić information content (AvgIpc) is 2.97. The second-order valence-corrected chi connectivity index (χ2v) is 7.36. The summed E-state index contributed by atoms with van der Waals surface area (Å²) < 4.78 is 63.1. The van der Waals surface area contributed by atoms with E-state index in [0.717, 1.165) is 11.1 Å². The Morgan fingerprint density at radius 1 is 1.21 bits per heavy atom. The predicted octanol–water partition coefficient (Wildman–Crippen LogP) is 1.67. The number of fused-ring (bicyclic) bond motifs is 1. The Morgan fingerprint density at radius 2 is 1.96 bits per heavy atom. The van der Waals surface area contributed by atoms with Crippen LogP contribution in [0.25, 0.3) is 11.3 Å². The van der Waals surface area contributed by atoms with Crippen molar-refractivity contribution >= 4 is 10.0 Å². The summed E-state index contributed by atoms with van der Waals surface area (Å²) in [6.45, 7) is -0.190. The molecule has 0 aliphatic carbocycles. The van der Waals surface area contributed by atoms with Gasteiger partial charge in [0.15, 0.2) is 0 Å². The molecule has 130 valence electrons. The molecule has 1 aromatic carbocycles. The van der Waals surface area contributed by atoms with Crippen molar-refractivity contribution in [1.82, 2.24) is 14.1 Å². The molecule has 24 heavy (non-hydrogen) atoms. The lowest BCUT2D eigenvalue weighted by atomic mass is 10.1. The van der Waals surface area contributed by atoms with E-state index in [4.69, 9.17) is 5.73 Å². The van der Waals surface area contributed by atoms with E-state index in [9.17, 15) is 21.6 Å². The minimum atomic E-state index is -5.33. The van der Waals surface area contributed by atoms with Crippen LogP contribution in [0.5, 0.6) is 0 Å². The first kappa shape index (κ1) is 16.9. The molecule has 2 heterocycles. The van der Waals surface area contributed by atoms with Crippen molar-refractivity contribution in [3.8, 4) is 11.3 Å². The van der Waals surface area contributed by atoms with E-state index >= 15 is 0 Å². The van der Waals surface area contributed by atoms with E-state index in [1.54, 1.807) is 6.07 Å². The van der Waals surface area contributed by atoms with Gasteiger partial charge in [0, 0.05) is 18.7 Å². The first-order chi connectivity index (χ1) is 11.2. The SMILES string of the molecule is NCc1cccc(-c2cc3n(n2)CCN(S(=O)(=O)C(F)(F)F)C3)c1. The first-order valence-electron chi connectivity index (χ1n) is 7.15. The largest absolute Gasteiger partial charge is 0.511 e. The van der Waals surface area contributed by atoms with Crippen LogP contribution in [-0.4, -0.2) is 34.6 Å². The zero-order valence-corrected chi connectivity index (χ0v) is 13.3. The number of rotatable bonds is 3. The fraction of sp³-hybridized carbons (Fsp3) is 0.357. The fourth-order valence-electron chi connectivity index (χ4n) is 2.59. The number of sulfonamides is 1. The molecular formula is C14H15F3N4O2S. The number of nitrogens with zero attached hydrogens (tertiary/aromatic N) is 3. The number of aromatic nitrogens is 2. The quantitative estimate of drug-likeness (QED) is 0.903. The van der Waals surface area contributed by atoms with Gasteiger partial charge in [0.05, 0.1) is 24.5 Å². The van der Waals surface area contributed by atoms with Crippen molar-refractivity contribution in [3.63, 3.8) is 0 Å². The third-order valence-corrected chi connectivity index (χ3v) is 5.43. The highest BCUT2D eigenvalue weighted by molar-refractivity contribution is 7.89. The van der Waals surface area contributed by atoms with Crippen molar-refractivity contribution in [2.75, 3.05) is 6.54 Å². The molecule has 6 nitrogen and oxygen atoms in total. The van der Waals surface area contributed by atoms with Crippen LogP contribution in [-0.2, 0) is 29.7 Å². The summed E-state index contributed by atoms with van der Waals surface area (Å²) >= 11 is 0.